The average molecular weight is 260 g/mol. The number of hydrogen-bond donors (Lipinski definition) is 0. The van der Waals surface area contributed by atoms with Crippen molar-refractivity contribution in [1.82, 2.24) is 0 Å². The van der Waals surface area contributed by atoms with Crippen LogP contribution in [0.15, 0.2) is 0 Å². The molecule has 0 spiro atoms. The number of hydrogen-bond acceptors (Lipinski definition) is 0. The zero-order chi connectivity index (χ0) is 0. The molecule has 0 amide bonds. The van der Waals surface area contributed by atoms with Gasteiger partial charge in [-0.3, -0.25) is 0 Å². The van der Waals surface area contributed by atoms with E-state index in [1.54, 1.807) is 0 Å². The predicted molar refractivity (Wildman–Crippen MR) is 6.44 cm³/mol. The van der Waals surface area contributed by atoms with Crippen LogP contribution in [-0.2, 0) is 39.9 Å². The molecule has 16 valence electrons. The molecule has 0 aromatic carbocycles. The normalized spacial score (nSPS) is 0. The van der Waals surface area contributed by atoms with Gasteiger partial charge in [-0.15, -0.1) is 0 Å². The van der Waals surface area contributed by atoms with Gasteiger partial charge in [-0.1, -0.05) is 0 Å². The zero-order valence-corrected chi connectivity index (χ0v) is 8.80. The van der Waals surface area contributed by atoms with Gasteiger partial charge in [0.1, 0.15) is 0 Å². The Hall–Kier alpha value is 2.58. The minimum atomic E-state index is 0. The molecule has 4 heteroatoms. The van der Waals surface area contributed by atoms with Crippen LogP contribution in [-0.4, -0.2) is 48.9 Å². The van der Waals surface area contributed by atoms with Gasteiger partial charge in [-0.05, 0) is 0 Å². The van der Waals surface area contributed by atoms with Gasteiger partial charge >= 0.3 is 83.3 Å². The second kappa shape index (κ2) is 17.6. The first-order chi connectivity index (χ1) is 0. The molecule has 0 aromatic heterocycles. The van der Waals surface area contributed by atoms with Crippen LogP contribution in [0.25, 0.3) is 0 Å². The molecule has 0 rings (SSSR count). The Morgan fingerprint density at radius 3 is 1.00 bits per heavy atom. The fourth-order valence-corrected chi connectivity index (χ4v) is 0. The van der Waals surface area contributed by atoms with Crippen molar-refractivity contribution in [3.05, 3.63) is 0 Å². The van der Waals surface area contributed by atoms with Crippen LogP contribution >= 0.6 is 0 Å². The Kier molecular flexibility index (Phi) is 135. The van der Waals surface area contributed by atoms with Crippen molar-refractivity contribution in [2.75, 3.05) is 0 Å². The number of rotatable bonds is 0. The quantitative estimate of drug-likeness (QED) is 0.525. The molecule has 2 radical (unpaired) electrons. The summed E-state index contributed by atoms with van der Waals surface area (Å²) in [5.74, 6) is 0. The van der Waals surface area contributed by atoms with E-state index >= 15 is 0 Å². The Balaban J connectivity index is 0. The maximum absolute atomic E-state index is 0. The molecule has 0 atom stereocenters. The van der Waals surface area contributed by atoms with E-state index < -0.39 is 0 Å². The SMILES string of the molecule is [Ba+2].[Cr+3].[Mn+2].[O-2]. The first kappa shape index (κ1) is 30.8. The van der Waals surface area contributed by atoms with E-state index in [1.165, 1.54) is 0 Å². The van der Waals surface area contributed by atoms with Gasteiger partial charge in [-0.25, -0.2) is 0 Å². The van der Waals surface area contributed by atoms with Crippen LogP contribution in [0, 0.1) is 0 Å². The van der Waals surface area contributed by atoms with Crippen LogP contribution < -0.4 is 0 Å². The molecule has 0 aromatic rings. The first-order valence-corrected chi connectivity index (χ1v) is 0. The van der Waals surface area contributed by atoms with Crippen molar-refractivity contribution in [2.45, 2.75) is 0 Å². The van der Waals surface area contributed by atoms with Gasteiger partial charge < -0.3 is 5.48 Å². The second-order valence-electron chi connectivity index (χ2n) is 0. The van der Waals surface area contributed by atoms with E-state index in [9.17, 15) is 0 Å². The van der Waals surface area contributed by atoms with Crippen LogP contribution in [0.4, 0.5) is 0 Å². The summed E-state index contributed by atoms with van der Waals surface area (Å²) in [5, 5.41) is 0. The Morgan fingerprint density at radius 2 is 1.00 bits per heavy atom. The molecule has 0 unspecified atom stereocenters. The van der Waals surface area contributed by atoms with Gasteiger partial charge in [-0.2, -0.15) is 0 Å². The topological polar surface area (TPSA) is 28.5 Å². The van der Waals surface area contributed by atoms with Crippen LogP contribution in [0.2, 0.25) is 0 Å². The standard InChI is InChI=1S/Ba.Cr.Mn.O/q+2;+3;+2;-2. The molecule has 0 saturated heterocycles. The summed E-state index contributed by atoms with van der Waals surface area (Å²) >= 11 is 0. The molecular weight excluding hydrogens is 260 g/mol. The van der Waals surface area contributed by atoms with Crippen molar-refractivity contribution in [2.24, 2.45) is 0 Å². The summed E-state index contributed by atoms with van der Waals surface area (Å²) in [6.45, 7) is 0. The summed E-state index contributed by atoms with van der Waals surface area (Å²) < 4.78 is 0. The molecule has 0 saturated carbocycles. The van der Waals surface area contributed by atoms with Gasteiger partial charge in [0.15, 0.2) is 0 Å². The molecule has 1 nitrogen and oxygen atoms in total. The Morgan fingerprint density at radius 1 is 1.00 bits per heavy atom. The zero-order valence-electron chi connectivity index (χ0n) is 1.90. The fourth-order valence-electron chi connectivity index (χ4n) is 0. The van der Waals surface area contributed by atoms with Gasteiger partial charge in [0.25, 0.3) is 0 Å². The van der Waals surface area contributed by atoms with Gasteiger partial charge in [0, 0.05) is 0 Å². The Labute approximate surface area is 86.9 Å². The molecule has 0 aliphatic heterocycles. The van der Waals surface area contributed by atoms with E-state index in [1.807, 2.05) is 0 Å². The smallest absolute Gasteiger partial charge is 2.00 e. The monoisotopic (exact) mass is 261 g/mol. The van der Waals surface area contributed by atoms with Crippen molar-refractivity contribution in [1.29, 1.82) is 0 Å². The third-order valence-electron chi connectivity index (χ3n) is 0. The summed E-state index contributed by atoms with van der Waals surface area (Å²) in [7, 11) is 0. The Bertz CT molecular complexity index is 8.00. The minimum Gasteiger partial charge on any atom is -2.00 e. The molecule has 0 fully saturated rings. The summed E-state index contributed by atoms with van der Waals surface area (Å²) in [6, 6.07) is 0. The third kappa shape index (κ3) is 8.82. The van der Waals surface area contributed by atoms with E-state index in [4.69, 9.17) is 0 Å². The van der Waals surface area contributed by atoms with Gasteiger partial charge in [0.2, 0.25) is 0 Å². The van der Waals surface area contributed by atoms with Crippen LogP contribution in [0.1, 0.15) is 0 Å². The van der Waals surface area contributed by atoms with E-state index in [0.717, 1.165) is 0 Å². The second-order valence-corrected chi connectivity index (χ2v) is 0. The van der Waals surface area contributed by atoms with Crippen LogP contribution in [0.3, 0.4) is 0 Å². The maximum Gasteiger partial charge on any atom is 3.00 e. The van der Waals surface area contributed by atoms with Crippen molar-refractivity contribution in [3.8, 4) is 0 Å². The minimum absolute atomic E-state index is 0. The van der Waals surface area contributed by atoms with E-state index in [2.05, 4.69) is 0 Å². The predicted octanol–water partition coefficient (Wildman–Crippen LogP) is -0.505. The first-order valence-electron chi connectivity index (χ1n) is 0. The third-order valence-corrected chi connectivity index (χ3v) is 0. The molecule has 0 N–H and O–H groups in total. The van der Waals surface area contributed by atoms with E-state index in [-0.39, 0.29) is 88.8 Å². The van der Waals surface area contributed by atoms with E-state index in [0.29, 0.717) is 0 Å². The summed E-state index contributed by atoms with van der Waals surface area (Å²) in [4.78, 5) is 0. The van der Waals surface area contributed by atoms with Crippen molar-refractivity contribution >= 4 is 48.9 Å². The van der Waals surface area contributed by atoms with Crippen LogP contribution in [0.5, 0.6) is 0 Å². The molecule has 0 aliphatic carbocycles. The van der Waals surface area contributed by atoms with Crippen molar-refractivity contribution in [3.63, 3.8) is 0 Å². The molecular formula is BaCrMnO+5. The fraction of sp³-hybridized carbons (Fsp3) is 0. The molecule has 0 bridgehead atoms. The maximum atomic E-state index is 0. The largest absolute Gasteiger partial charge is 3.00 e. The summed E-state index contributed by atoms with van der Waals surface area (Å²) in [6.07, 6.45) is 0. The summed E-state index contributed by atoms with van der Waals surface area (Å²) in [5.41, 5.74) is 0. The van der Waals surface area contributed by atoms with Gasteiger partial charge in [0.05, 0.1) is 0 Å². The molecule has 0 heterocycles. The van der Waals surface area contributed by atoms with Crippen molar-refractivity contribution < 1.29 is 39.9 Å². The average Bonchev–Trinajstić information content (AvgIpc) is 0. The molecule has 0 aliphatic rings. The molecule has 4 heavy (non-hydrogen) atoms.